The molecule has 0 aliphatic carbocycles. The maximum Gasteiger partial charge on any atom is 0.376 e. The third-order valence-corrected chi connectivity index (χ3v) is 3.86. The highest BCUT2D eigenvalue weighted by atomic mass is 31.2. The van der Waals surface area contributed by atoms with E-state index in [1.54, 1.807) is 6.07 Å². The van der Waals surface area contributed by atoms with Gasteiger partial charge in [-0.25, -0.2) is 4.57 Å². The fraction of sp³-hybridized carbons (Fsp3) is 0.333. The molecule has 1 aromatic rings. The van der Waals surface area contributed by atoms with E-state index in [0.717, 1.165) is 0 Å². The van der Waals surface area contributed by atoms with Gasteiger partial charge in [-0.2, -0.15) is 0 Å². The van der Waals surface area contributed by atoms with Gasteiger partial charge in [0, 0.05) is 0 Å². The van der Waals surface area contributed by atoms with Crippen LogP contribution >= 0.6 is 7.60 Å². The van der Waals surface area contributed by atoms with Gasteiger partial charge in [-0.3, -0.25) is 9.59 Å². The summed E-state index contributed by atoms with van der Waals surface area (Å²) < 4.78 is 16.7. The van der Waals surface area contributed by atoms with Crippen molar-refractivity contribution in [3.8, 4) is 5.75 Å². The molecule has 5 N–H and O–H groups in total. The van der Waals surface area contributed by atoms with Crippen molar-refractivity contribution in [1.29, 1.82) is 0 Å². The quantitative estimate of drug-likeness (QED) is 0.512. The Balaban J connectivity index is 2.68. The zero-order valence-electron chi connectivity index (χ0n) is 11.0. The average molecular weight is 317 g/mol. The number of carboxylic acid groups (broad SMARTS) is 2. The minimum absolute atomic E-state index is 0.0449. The summed E-state index contributed by atoms with van der Waals surface area (Å²) in [5, 5.41) is 17.3. The number of benzene rings is 1. The SMILES string of the molecule is NC(CCP(=O)(O)Oc1cccc(CC(=O)O)c1)C(=O)O. The van der Waals surface area contributed by atoms with E-state index in [9.17, 15) is 19.0 Å². The molecule has 0 saturated carbocycles. The molecule has 0 bridgehead atoms. The molecule has 1 rings (SSSR count). The number of hydrogen-bond acceptors (Lipinski definition) is 5. The lowest BCUT2D eigenvalue weighted by Crippen LogP contribution is -2.31. The second-order valence-electron chi connectivity index (χ2n) is 4.40. The first kappa shape index (κ1) is 17.2. The molecule has 1 aromatic carbocycles. The minimum Gasteiger partial charge on any atom is -0.481 e. The van der Waals surface area contributed by atoms with Crippen molar-refractivity contribution in [3.63, 3.8) is 0 Å². The Morgan fingerprint density at radius 3 is 2.57 bits per heavy atom. The molecule has 2 atom stereocenters. The van der Waals surface area contributed by atoms with Crippen LogP contribution in [-0.2, 0) is 20.6 Å². The summed E-state index contributed by atoms with van der Waals surface area (Å²) in [4.78, 5) is 30.8. The van der Waals surface area contributed by atoms with Crippen molar-refractivity contribution in [2.45, 2.75) is 18.9 Å². The third-order valence-electron chi connectivity index (χ3n) is 2.54. The van der Waals surface area contributed by atoms with Crippen LogP contribution in [0.15, 0.2) is 24.3 Å². The van der Waals surface area contributed by atoms with Crippen LogP contribution in [0.2, 0.25) is 0 Å². The fourth-order valence-corrected chi connectivity index (χ4v) is 2.66. The number of rotatable bonds is 8. The lowest BCUT2D eigenvalue weighted by molar-refractivity contribution is -0.138. The molecule has 0 aromatic heterocycles. The summed E-state index contributed by atoms with van der Waals surface area (Å²) in [5.74, 6) is -2.26. The molecule has 21 heavy (non-hydrogen) atoms. The van der Waals surface area contributed by atoms with Crippen molar-refractivity contribution in [2.75, 3.05) is 6.16 Å². The van der Waals surface area contributed by atoms with E-state index in [1.165, 1.54) is 18.2 Å². The molecule has 116 valence electrons. The van der Waals surface area contributed by atoms with E-state index < -0.39 is 31.7 Å². The lowest BCUT2D eigenvalue weighted by atomic mass is 10.1. The van der Waals surface area contributed by atoms with Crippen molar-refractivity contribution in [2.24, 2.45) is 5.73 Å². The zero-order valence-corrected chi connectivity index (χ0v) is 11.9. The van der Waals surface area contributed by atoms with Crippen LogP contribution in [0.25, 0.3) is 0 Å². The Hall–Kier alpha value is -1.89. The Bertz CT molecular complexity index is 574. The molecule has 0 fully saturated rings. The van der Waals surface area contributed by atoms with E-state index in [0.29, 0.717) is 5.56 Å². The van der Waals surface area contributed by atoms with Gasteiger partial charge in [0.05, 0.1) is 12.6 Å². The summed E-state index contributed by atoms with van der Waals surface area (Å²) in [5.41, 5.74) is 5.66. The van der Waals surface area contributed by atoms with Crippen LogP contribution in [0.4, 0.5) is 0 Å². The summed E-state index contributed by atoms with van der Waals surface area (Å²) >= 11 is 0. The Kier molecular flexibility index (Phi) is 5.90. The maximum atomic E-state index is 11.8. The summed E-state index contributed by atoms with van der Waals surface area (Å²) in [6, 6.07) is 4.55. The highest BCUT2D eigenvalue weighted by Gasteiger charge is 2.24. The highest BCUT2D eigenvalue weighted by Crippen LogP contribution is 2.43. The molecule has 0 aliphatic rings. The number of nitrogens with two attached hydrogens (primary N) is 1. The normalized spacial score (nSPS) is 15.0. The van der Waals surface area contributed by atoms with Crippen molar-refractivity contribution < 1.29 is 33.8 Å². The van der Waals surface area contributed by atoms with E-state index in [2.05, 4.69) is 0 Å². The largest absolute Gasteiger partial charge is 0.481 e. The highest BCUT2D eigenvalue weighted by molar-refractivity contribution is 7.53. The van der Waals surface area contributed by atoms with Crippen LogP contribution in [0.1, 0.15) is 12.0 Å². The molecular formula is C12H16NO7P. The van der Waals surface area contributed by atoms with Gasteiger partial charge in [-0.05, 0) is 24.1 Å². The van der Waals surface area contributed by atoms with Gasteiger partial charge in [-0.15, -0.1) is 0 Å². The molecule has 8 nitrogen and oxygen atoms in total. The first-order valence-electron chi connectivity index (χ1n) is 6.00. The molecule has 0 heterocycles. The molecule has 0 aliphatic heterocycles. The van der Waals surface area contributed by atoms with Crippen LogP contribution in [0.5, 0.6) is 5.75 Å². The zero-order chi connectivity index (χ0) is 16.0. The van der Waals surface area contributed by atoms with Gasteiger partial charge < -0.3 is 25.4 Å². The van der Waals surface area contributed by atoms with Crippen molar-refractivity contribution in [3.05, 3.63) is 29.8 Å². The standard InChI is InChI=1S/C12H16NO7P/c13-10(12(16)17)4-5-21(18,19)20-9-3-1-2-8(6-9)7-11(14)15/h1-3,6,10H,4-5,7,13H2,(H,14,15)(H,16,17)(H,18,19). The van der Waals surface area contributed by atoms with Crippen molar-refractivity contribution in [1.82, 2.24) is 0 Å². The summed E-state index contributed by atoms with van der Waals surface area (Å²) in [7, 11) is -4.05. The van der Waals surface area contributed by atoms with Gasteiger partial charge in [0.2, 0.25) is 0 Å². The summed E-state index contributed by atoms with van der Waals surface area (Å²) in [6.07, 6.45) is -0.863. The summed E-state index contributed by atoms with van der Waals surface area (Å²) in [6.45, 7) is 0. The smallest absolute Gasteiger partial charge is 0.376 e. The fourth-order valence-electron chi connectivity index (χ4n) is 1.52. The third kappa shape index (κ3) is 6.40. The van der Waals surface area contributed by atoms with Gasteiger partial charge in [0.15, 0.2) is 0 Å². The van der Waals surface area contributed by atoms with E-state index >= 15 is 0 Å². The first-order valence-corrected chi connectivity index (χ1v) is 7.76. The molecule has 0 spiro atoms. The Morgan fingerprint density at radius 1 is 1.33 bits per heavy atom. The number of aliphatic carboxylic acids is 2. The van der Waals surface area contributed by atoms with Crippen LogP contribution in [0.3, 0.4) is 0 Å². The van der Waals surface area contributed by atoms with Gasteiger partial charge in [0.25, 0.3) is 0 Å². The van der Waals surface area contributed by atoms with Crippen molar-refractivity contribution >= 4 is 19.5 Å². The molecular weight excluding hydrogens is 301 g/mol. The molecule has 2 unspecified atom stereocenters. The van der Waals surface area contributed by atoms with Crippen LogP contribution in [-0.4, -0.2) is 39.2 Å². The lowest BCUT2D eigenvalue weighted by Gasteiger charge is -2.15. The molecule has 0 saturated heterocycles. The minimum atomic E-state index is -4.05. The first-order chi connectivity index (χ1) is 9.69. The van der Waals surface area contributed by atoms with Gasteiger partial charge >= 0.3 is 19.5 Å². The van der Waals surface area contributed by atoms with E-state index in [4.69, 9.17) is 20.5 Å². The van der Waals surface area contributed by atoms with Crippen LogP contribution in [0, 0.1) is 0 Å². The maximum absolute atomic E-state index is 11.8. The number of hydrogen-bond donors (Lipinski definition) is 4. The predicted molar refractivity (Wildman–Crippen MR) is 73.3 cm³/mol. The average Bonchev–Trinajstić information content (AvgIpc) is 2.34. The van der Waals surface area contributed by atoms with E-state index in [-0.39, 0.29) is 18.6 Å². The van der Waals surface area contributed by atoms with E-state index in [1.807, 2.05) is 0 Å². The van der Waals surface area contributed by atoms with Gasteiger partial charge in [0.1, 0.15) is 11.8 Å². The number of carboxylic acids is 2. The topological polar surface area (TPSA) is 147 Å². The molecule has 9 heteroatoms. The van der Waals surface area contributed by atoms with Gasteiger partial charge in [-0.1, -0.05) is 12.1 Å². The number of carbonyl (C=O) groups is 2. The monoisotopic (exact) mass is 317 g/mol. The van der Waals surface area contributed by atoms with Crippen LogP contribution < -0.4 is 10.3 Å². The predicted octanol–water partition coefficient (Wildman–Crippen LogP) is 0.680. The Morgan fingerprint density at radius 2 is 2.00 bits per heavy atom. The molecule has 0 radical (unpaired) electrons. The Labute approximate surface area is 120 Å². The second kappa shape index (κ2) is 7.21. The second-order valence-corrected chi connectivity index (χ2v) is 6.31. The molecule has 0 amide bonds.